The van der Waals surface area contributed by atoms with Gasteiger partial charge in [-0.3, -0.25) is 14.2 Å². The van der Waals surface area contributed by atoms with Gasteiger partial charge in [0.15, 0.2) is 6.10 Å². The molecule has 0 heterocycles. The number of hydrogen-bond acceptors (Lipinski definition) is 8. The Morgan fingerprint density at radius 2 is 1.16 bits per heavy atom. The van der Waals surface area contributed by atoms with Gasteiger partial charge in [-0.1, -0.05) is 116 Å². The second kappa shape index (κ2) is 28.9. The lowest BCUT2D eigenvalue weighted by molar-refractivity contribution is -0.870. The van der Waals surface area contributed by atoms with E-state index in [1.165, 1.54) is 51.4 Å². The molecule has 1 unspecified atom stereocenters. The summed E-state index contributed by atoms with van der Waals surface area (Å²) < 4.78 is 33.6. The Hall–Kier alpha value is -1.25. The van der Waals surface area contributed by atoms with Gasteiger partial charge >= 0.3 is 11.9 Å². The molecule has 0 aromatic heterocycles. The summed E-state index contributed by atoms with van der Waals surface area (Å²) in [6.45, 7) is 4.14. The third-order valence-corrected chi connectivity index (χ3v) is 8.50. The number of allylic oxidation sites excluding steroid dienone is 2. The maximum Gasteiger partial charge on any atom is 0.306 e. The van der Waals surface area contributed by atoms with E-state index in [0.29, 0.717) is 17.4 Å². The molecule has 0 rings (SSSR count). The standard InChI is InChI=1S/C35H68NO8P/c1-6-8-10-12-14-16-18-20-21-23-25-27-34(37)41-31-33(32-43-45(39,40)42-30-29-36(3,4)5)44-35(38)28-26-24-22-19-17-15-13-11-9-7-2/h12,14,33H,6-11,13,15-32H2,1-5H3/b14-12+/t33-/m1/s1. The predicted octanol–water partition coefficient (Wildman–Crippen LogP) is 8.44. The average Bonchev–Trinajstić information content (AvgIpc) is 2.97. The van der Waals surface area contributed by atoms with Crippen LogP contribution in [0.1, 0.15) is 149 Å². The molecule has 0 spiro atoms. The van der Waals surface area contributed by atoms with Crippen molar-refractivity contribution in [3.63, 3.8) is 0 Å². The van der Waals surface area contributed by atoms with E-state index < -0.39 is 32.5 Å². The van der Waals surface area contributed by atoms with Crippen molar-refractivity contribution in [2.45, 2.75) is 155 Å². The second-order valence-corrected chi connectivity index (χ2v) is 14.6. The Morgan fingerprint density at radius 1 is 0.667 bits per heavy atom. The monoisotopic (exact) mass is 661 g/mol. The van der Waals surface area contributed by atoms with Crippen molar-refractivity contribution < 1.29 is 42.1 Å². The van der Waals surface area contributed by atoms with E-state index in [0.717, 1.165) is 64.2 Å². The summed E-state index contributed by atoms with van der Waals surface area (Å²) in [7, 11) is 1.16. The number of carbonyl (C=O) groups is 2. The number of phosphoric ester groups is 1. The number of unbranched alkanes of at least 4 members (excludes halogenated alkanes) is 16. The summed E-state index contributed by atoms with van der Waals surface area (Å²) in [6.07, 6.45) is 25.3. The normalized spacial score (nSPS) is 14.0. The summed E-state index contributed by atoms with van der Waals surface area (Å²) >= 11 is 0. The molecule has 0 N–H and O–H groups in total. The molecule has 2 atom stereocenters. The van der Waals surface area contributed by atoms with E-state index >= 15 is 0 Å². The van der Waals surface area contributed by atoms with Crippen LogP contribution in [0.4, 0.5) is 0 Å². The Kier molecular flexibility index (Phi) is 28.1. The Labute approximate surface area is 276 Å². The van der Waals surface area contributed by atoms with Crippen LogP contribution in [-0.4, -0.2) is 70.0 Å². The van der Waals surface area contributed by atoms with Crippen LogP contribution in [0.25, 0.3) is 0 Å². The molecule has 0 saturated carbocycles. The topological polar surface area (TPSA) is 111 Å². The summed E-state index contributed by atoms with van der Waals surface area (Å²) in [4.78, 5) is 37.1. The summed E-state index contributed by atoms with van der Waals surface area (Å²) in [5, 5.41) is 0. The number of esters is 2. The highest BCUT2D eigenvalue weighted by atomic mass is 31.2. The summed E-state index contributed by atoms with van der Waals surface area (Å²) in [6, 6.07) is 0. The van der Waals surface area contributed by atoms with Crippen LogP contribution in [0.5, 0.6) is 0 Å². The van der Waals surface area contributed by atoms with E-state index in [9.17, 15) is 19.0 Å². The van der Waals surface area contributed by atoms with Crippen molar-refractivity contribution in [2.24, 2.45) is 0 Å². The molecule has 0 aliphatic rings. The van der Waals surface area contributed by atoms with E-state index in [-0.39, 0.29) is 26.1 Å². The number of rotatable bonds is 32. The average molecular weight is 662 g/mol. The molecule has 0 aliphatic carbocycles. The molecule has 9 nitrogen and oxygen atoms in total. The van der Waals surface area contributed by atoms with Gasteiger partial charge in [-0.2, -0.15) is 0 Å². The largest absolute Gasteiger partial charge is 0.756 e. The van der Waals surface area contributed by atoms with E-state index in [2.05, 4.69) is 26.0 Å². The first-order valence-corrected chi connectivity index (χ1v) is 19.4. The minimum atomic E-state index is -4.61. The molecule has 45 heavy (non-hydrogen) atoms. The predicted molar refractivity (Wildman–Crippen MR) is 181 cm³/mol. The molecule has 0 bridgehead atoms. The van der Waals surface area contributed by atoms with Crippen molar-refractivity contribution in [1.82, 2.24) is 0 Å². The van der Waals surface area contributed by atoms with Crippen LogP contribution in [0.2, 0.25) is 0 Å². The molecule has 10 heteroatoms. The number of carbonyl (C=O) groups excluding carboxylic acids is 2. The summed E-state index contributed by atoms with van der Waals surface area (Å²) in [5.41, 5.74) is 0. The smallest absolute Gasteiger partial charge is 0.306 e. The highest BCUT2D eigenvalue weighted by molar-refractivity contribution is 7.45. The fourth-order valence-corrected chi connectivity index (χ4v) is 5.36. The van der Waals surface area contributed by atoms with Crippen LogP contribution < -0.4 is 4.89 Å². The first-order chi connectivity index (χ1) is 21.5. The van der Waals surface area contributed by atoms with Gasteiger partial charge in [0.1, 0.15) is 19.8 Å². The van der Waals surface area contributed by atoms with Gasteiger partial charge in [-0.15, -0.1) is 0 Å². The maximum absolute atomic E-state index is 12.5. The van der Waals surface area contributed by atoms with Crippen LogP contribution >= 0.6 is 7.82 Å². The zero-order valence-corrected chi connectivity index (χ0v) is 30.5. The van der Waals surface area contributed by atoms with Gasteiger partial charge < -0.3 is 27.9 Å². The molecule has 0 amide bonds. The molecule has 0 radical (unpaired) electrons. The third kappa shape index (κ3) is 32.5. The lowest BCUT2D eigenvalue weighted by Crippen LogP contribution is -2.37. The number of nitrogens with zero attached hydrogens (tertiary/aromatic N) is 1. The Balaban J connectivity index is 4.49. The van der Waals surface area contributed by atoms with Crippen molar-refractivity contribution in [1.29, 1.82) is 0 Å². The van der Waals surface area contributed by atoms with Gasteiger partial charge in [0.25, 0.3) is 7.82 Å². The number of phosphoric acid groups is 1. The first-order valence-electron chi connectivity index (χ1n) is 17.9. The van der Waals surface area contributed by atoms with Gasteiger partial charge in [-0.25, -0.2) is 0 Å². The van der Waals surface area contributed by atoms with E-state index in [1.807, 2.05) is 21.1 Å². The third-order valence-electron chi connectivity index (χ3n) is 7.54. The minimum Gasteiger partial charge on any atom is -0.756 e. The zero-order chi connectivity index (χ0) is 33.7. The molecule has 266 valence electrons. The van der Waals surface area contributed by atoms with Crippen LogP contribution in [-0.2, 0) is 32.7 Å². The van der Waals surface area contributed by atoms with Gasteiger partial charge in [-0.05, 0) is 32.1 Å². The van der Waals surface area contributed by atoms with E-state index in [4.69, 9.17) is 18.5 Å². The van der Waals surface area contributed by atoms with Crippen molar-refractivity contribution in [3.8, 4) is 0 Å². The highest BCUT2D eigenvalue weighted by Crippen LogP contribution is 2.38. The van der Waals surface area contributed by atoms with Crippen LogP contribution in [0.3, 0.4) is 0 Å². The highest BCUT2D eigenvalue weighted by Gasteiger charge is 2.21. The number of quaternary nitrogens is 1. The molecule has 0 aliphatic heterocycles. The zero-order valence-electron chi connectivity index (χ0n) is 29.6. The number of hydrogen-bond donors (Lipinski definition) is 0. The van der Waals surface area contributed by atoms with Crippen molar-refractivity contribution in [3.05, 3.63) is 12.2 Å². The van der Waals surface area contributed by atoms with Gasteiger partial charge in [0.05, 0.1) is 27.7 Å². The number of ether oxygens (including phenoxy) is 2. The molecular weight excluding hydrogens is 593 g/mol. The molecule has 0 aromatic rings. The molecule has 0 aromatic carbocycles. The first kappa shape index (κ1) is 43.8. The second-order valence-electron chi connectivity index (χ2n) is 13.2. The SMILES string of the molecule is CCCC/C=C/CCCCCCCC(=O)OC[C@H](COP(=O)([O-])OCC[N+](C)(C)C)OC(=O)CCCCCCCCCCCC. The fourth-order valence-electron chi connectivity index (χ4n) is 4.63. The van der Waals surface area contributed by atoms with Gasteiger partial charge in [0, 0.05) is 12.8 Å². The fraction of sp³-hybridized carbons (Fsp3) is 0.886. The number of likely N-dealkylation sites (N-methyl/N-ethyl adjacent to an activating group) is 1. The minimum absolute atomic E-state index is 0.0296. The van der Waals surface area contributed by atoms with Crippen LogP contribution in [0, 0.1) is 0 Å². The Bertz CT molecular complexity index is 799. The van der Waals surface area contributed by atoms with Gasteiger partial charge in [0.2, 0.25) is 0 Å². The Morgan fingerprint density at radius 3 is 1.71 bits per heavy atom. The van der Waals surface area contributed by atoms with Crippen molar-refractivity contribution in [2.75, 3.05) is 47.5 Å². The quantitative estimate of drug-likeness (QED) is 0.0232. The lowest BCUT2D eigenvalue weighted by atomic mass is 10.1. The van der Waals surface area contributed by atoms with Crippen LogP contribution in [0.15, 0.2) is 12.2 Å². The molecule has 0 fully saturated rings. The summed E-state index contributed by atoms with van der Waals surface area (Å²) in [5.74, 6) is -0.847. The maximum atomic E-state index is 12.5. The van der Waals surface area contributed by atoms with Crippen molar-refractivity contribution >= 4 is 19.8 Å². The molecule has 0 saturated heterocycles. The lowest BCUT2D eigenvalue weighted by Gasteiger charge is -2.28. The molecular formula is C35H68NO8P. The van der Waals surface area contributed by atoms with E-state index in [1.54, 1.807) is 0 Å².